The SMILES string of the molecule is CCC1=C(C)c2nc1cc1[nH]c(cc3[nH]c(cc4[nH]c(cc5nc2C(C)=C5CC)c(C)c4CCC(=O)N[C@H]2[C@H](OC(C)=O)O[C@H](COC(C)=O)[C@@H](OC(C)=O)[C@@H]2OC(C)=O)c(CC)c3CC)c(CCC(=O)N[C@H]2[C@H](OC(C)=O)O[C@H](COC(C)=O)[C@@H](OC(C)=O)[C@@H]2OC(C)=O)c1C. The molecule has 0 saturated carbocycles. The van der Waals surface area contributed by atoms with Crippen molar-refractivity contribution in [1.82, 2.24) is 35.6 Å². The van der Waals surface area contributed by atoms with E-state index in [0.29, 0.717) is 36.7 Å². The molecule has 10 bridgehead atoms. The number of amides is 2. The molecule has 2 fully saturated rings. The maximum absolute atomic E-state index is 14.6. The molecule has 0 unspecified atom stereocenters. The molecule has 0 aromatic carbocycles. The number of carbonyl (C=O) groups excluding carboxylic acids is 10. The molecule has 4 aromatic rings. The maximum Gasteiger partial charge on any atom is 0.305 e. The minimum absolute atomic E-state index is 0.130. The van der Waals surface area contributed by atoms with Gasteiger partial charge in [0.05, 0.1) is 22.8 Å². The van der Waals surface area contributed by atoms with Crippen LogP contribution in [0.1, 0.15) is 179 Å². The minimum Gasteiger partial charge on any atom is -0.463 e. The number of H-pyrrole nitrogens is 3. The predicted octanol–water partition coefficient (Wildman–Crippen LogP) is 8.05. The molecule has 0 spiro atoms. The van der Waals surface area contributed by atoms with E-state index in [2.05, 4.69) is 53.3 Å². The number of fused-ring (bicyclic) bond motifs is 11. The van der Waals surface area contributed by atoms with E-state index in [-0.39, 0.29) is 25.7 Å². The van der Waals surface area contributed by atoms with Crippen LogP contribution in [0.4, 0.5) is 0 Å². The van der Waals surface area contributed by atoms with Crippen LogP contribution in [0.3, 0.4) is 0 Å². The molecule has 10 atom stereocenters. The summed E-state index contributed by atoms with van der Waals surface area (Å²) in [6, 6.07) is 5.21. The van der Waals surface area contributed by atoms with Gasteiger partial charge in [-0.25, -0.2) is 9.97 Å². The lowest BCUT2D eigenvalue weighted by atomic mass is 9.95. The molecule has 27 heteroatoms. The maximum atomic E-state index is 14.6. The molecule has 4 aliphatic heterocycles. The predicted molar refractivity (Wildman–Crippen MR) is 352 cm³/mol. The van der Waals surface area contributed by atoms with E-state index in [1.165, 1.54) is 0 Å². The van der Waals surface area contributed by atoms with Gasteiger partial charge in [-0.05, 0) is 146 Å². The number of hydrogen-bond acceptors (Lipinski definition) is 22. The fraction of sp³-hybridized carbons (Fsp3) is 0.514. The Hall–Kier alpha value is -9.50. The highest BCUT2D eigenvalue weighted by atomic mass is 16.7. The van der Waals surface area contributed by atoms with Crippen molar-refractivity contribution in [2.75, 3.05) is 13.2 Å². The summed E-state index contributed by atoms with van der Waals surface area (Å²) >= 11 is 0. The lowest BCUT2D eigenvalue weighted by Crippen LogP contribution is -2.67. The zero-order valence-electron chi connectivity index (χ0n) is 57.7. The van der Waals surface area contributed by atoms with E-state index in [1.807, 2.05) is 52.0 Å². The van der Waals surface area contributed by atoms with Crippen LogP contribution < -0.4 is 10.6 Å². The van der Waals surface area contributed by atoms with Gasteiger partial charge in [-0.1, -0.05) is 27.7 Å². The molecule has 0 radical (unpaired) electrons. The fourth-order valence-corrected chi connectivity index (χ4v) is 13.2. The van der Waals surface area contributed by atoms with E-state index in [1.54, 1.807) is 0 Å². The normalized spacial score (nSPS) is 21.4. The lowest BCUT2D eigenvalue weighted by molar-refractivity contribution is -0.271. The third-order valence-corrected chi connectivity index (χ3v) is 17.5. The minimum atomic E-state index is -1.60. The topological polar surface area (TPSA) is 360 Å². The van der Waals surface area contributed by atoms with E-state index >= 15 is 0 Å². The second-order valence-corrected chi connectivity index (χ2v) is 24.3. The Morgan fingerprint density at radius 3 is 1.04 bits per heavy atom. The Balaban J connectivity index is 1.27. The highest BCUT2D eigenvalue weighted by Crippen LogP contribution is 2.41. The molecule has 2 saturated heterocycles. The fourth-order valence-electron chi connectivity index (χ4n) is 13.2. The number of rotatable bonds is 22. The third-order valence-electron chi connectivity index (χ3n) is 17.5. The van der Waals surface area contributed by atoms with Crippen molar-refractivity contribution in [3.63, 3.8) is 0 Å². The molecular weight excluding hydrogens is 1260 g/mol. The number of hydrogen-bond donors (Lipinski definition) is 5. The van der Waals surface area contributed by atoms with E-state index in [4.69, 9.17) is 57.3 Å². The molecule has 2 amide bonds. The molecule has 27 nitrogen and oxygen atoms in total. The third kappa shape index (κ3) is 17.0. The lowest BCUT2D eigenvalue weighted by Gasteiger charge is -2.44. The van der Waals surface area contributed by atoms with Gasteiger partial charge in [-0.3, -0.25) is 47.9 Å². The van der Waals surface area contributed by atoms with Crippen LogP contribution in [0.15, 0.2) is 24.3 Å². The number of nitrogens with one attached hydrogen (secondary N) is 5. The second kappa shape index (κ2) is 31.6. The van der Waals surface area contributed by atoms with E-state index in [0.717, 1.165) is 156 Å². The van der Waals surface area contributed by atoms with Crippen LogP contribution in [0, 0.1) is 13.8 Å². The second-order valence-electron chi connectivity index (χ2n) is 24.3. The van der Waals surface area contributed by atoms with E-state index < -0.39 is 134 Å². The molecule has 0 aliphatic carbocycles. The summed E-state index contributed by atoms with van der Waals surface area (Å²) in [4.78, 5) is 151. The average molecular weight is 1350 g/mol. The number of allylic oxidation sites excluding steroid dienone is 4. The quantitative estimate of drug-likeness (QED) is 0.0367. The number of aryl methyl sites for hydroxylation is 6. The van der Waals surface area contributed by atoms with Crippen molar-refractivity contribution in [2.45, 2.75) is 223 Å². The van der Waals surface area contributed by atoms with Crippen molar-refractivity contribution < 1.29 is 95.3 Å². The van der Waals surface area contributed by atoms with Gasteiger partial charge >= 0.3 is 47.8 Å². The summed E-state index contributed by atoms with van der Waals surface area (Å²) in [5.41, 5.74) is 16.3. The Morgan fingerprint density at radius 2 is 0.732 bits per heavy atom. The van der Waals surface area contributed by atoms with Crippen molar-refractivity contribution in [1.29, 1.82) is 0 Å². The van der Waals surface area contributed by atoms with Crippen LogP contribution >= 0.6 is 0 Å². The van der Waals surface area contributed by atoms with Crippen LogP contribution in [-0.4, -0.2) is 159 Å². The van der Waals surface area contributed by atoms with Gasteiger partial charge in [0, 0.05) is 101 Å². The molecule has 8 rings (SSSR count). The summed E-state index contributed by atoms with van der Waals surface area (Å²) in [6.45, 7) is 24.3. The van der Waals surface area contributed by atoms with Gasteiger partial charge in [0.2, 0.25) is 24.4 Å². The Bertz CT molecular complexity index is 3820. The number of ether oxygens (including phenoxy) is 10. The number of nitrogens with zero attached hydrogens (tertiary/aromatic N) is 2. The Morgan fingerprint density at radius 1 is 0.412 bits per heavy atom. The van der Waals surface area contributed by atoms with Crippen LogP contribution in [0.25, 0.3) is 55.4 Å². The number of aromatic amines is 3. The largest absolute Gasteiger partial charge is 0.463 e. The van der Waals surface area contributed by atoms with Crippen molar-refractivity contribution in [3.8, 4) is 0 Å². The van der Waals surface area contributed by atoms with Gasteiger partial charge in [-0.2, -0.15) is 0 Å². The first-order valence-corrected chi connectivity index (χ1v) is 32.5. The van der Waals surface area contributed by atoms with Crippen molar-refractivity contribution >= 4 is 115 Å². The Labute approximate surface area is 560 Å². The smallest absolute Gasteiger partial charge is 0.305 e. The highest BCUT2D eigenvalue weighted by Gasteiger charge is 2.54. The van der Waals surface area contributed by atoms with Gasteiger partial charge in [0.25, 0.3) is 0 Å². The van der Waals surface area contributed by atoms with E-state index in [9.17, 15) is 47.9 Å². The first-order chi connectivity index (χ1) is 45.9. The van der Waals surface area contributed by atoms with Crippen molar-refractivity contribution in [2.24, 2.45) is 0 Å². The highest BCUT2D eigenvalue weighted by molar-refractivity contribution is 6.00. The van der Waals surface area contributed by atoms with Crippen LogP contribution in [-0.2, 0) is 121 Å². The molecule has 97 heavy (non-hydrogen) atoms. The Kier molecular flexibility index (Phi) is 23.9. The summed E-state index contributed by atoms with van der Waals surface area (Å²) in [6.07, 6.45) is -9.21. The van der Waals surface area contributed by atoms with Crippen LogP contribution in [0.2, 0.25) is 0 Å². The molecular formula is C70H87N7O20. The van der Waals surface area contributed by atoms with Gasteiger partial charge in [0.1, 0.15) is 37.5 Å². The first-order valence-electron chi connectivity index (χ1n) is 32.5. The molecule has 4 aliphatic rings. The van der Waals surface area contributed by atoms with Crippen molar-refractivity contribution in [3.05, 3.63) is 80.4 Å². The number of esters is 8. The monoisotopic (exact) mass is 1350 g/mol. The molecule has 8 heterocycles. The van der Waals surface area contributed by atoms with Gasteiger partial charge in [0.15, 0.2) is 24.4 Å². The molecule has 4 aromatic heterocycles. The average Bonchev–Trinajstić information content (AvgIpc) is 1.57. The van der Waals surface area contributed by atoms with Crippen LogP contribution in [0.5, 0.6) is 0 Å². The summed E-state index contributed by atoms with van der Waals surface area (Å²) in [5, 5.41) is 5.70. The zero-order chi connectivity index (χ0) is 71.0. The summed E-state index contributed by atoms with van der Waals surface area (Å²) in [7, 11) is 0. The first kappa shape index (κ1) is 73.3. The summed E-state index contributed by atoms with van der Waals surface area (Å²) < 4.78 is 56.3. The zero-order valence-corrected chi connectivity index (χ0v) is 57.7. The van der Waals surface area contributed by atoms with Gasteiger partial charge < -0.3 is 73.0 Å². The number of aromatic nitrogens is 5. The van der Waals surface area contributed by atoms with Gasteiger partial charge in [-0.15, -0.1) is 0 Å². The summed E-state index contributed by atoms with van der Waals surface area (Å²) in [5.74, 6) is -7.41. The molecule has 5 N–H and O–H groups in total. The number of carbonyl (C=O) groups is 10. The molecule has 522 valence electrons. The standard InChI is InChI=1S/C70H87N7O20/c1-17-43-33(7)61-62-34(8)44(18-2)52(75-62)26-50-32(6)48(22-24-60(87)77-64-68(93-40(14)83)66(91-38(12)81)58(30-89-36(10)79)97-70(64)95-42(16)85)56(72-50)28-54-46(20-4)45(19-3)53(73-54)27-55-47(31(5)49(71-55)25-51(43)74-61)21-23-59(86)76-63-67(92-39(13)82)65(90-37(11)80)57(29-88-35(9)78)96-69(63)94-41(15)84/h25-28,57-58,63-73H,17-24,29-30H2,1-16H3,(H,76,86)(H,77,87)/t57-,58-,63-,64-,65-,66-,67-,68-,69-,70-/m1/s1.